The van der Waals surface area contributed by atoms with Gasteiger partial charge in [-0.05, 0) is 69.2 Å². The van der Waals surface area contributed by atoms with Crippen molar-refractivity contribution in [3.8, 4) is 17.3 Å². The number of alkyl halides is 3. The minimum absolute atomic E-state index is 0.0270. The molecule has 7 heterocycles. The Morgan fingerprint density at radius 3 is 2.75 bits per heavy atom. The second-order valence-corrected chi connectivity index (χ2v) is 14.0. The van der Waals surface area contributed by atoms with E-state index in [1.807, 2.05) is 4.90 Å². The molecule has 48 heavy (non-hydrogen) atoms. The first-order valence-corrected chi connectivity index (χ1v) is 16.3. The van der Waals surface area contributed by atoms with Crippen LogP contribution in [0.2, 0.25) is 5.02 Å². The molecular formula is C33H32ClF6N7O. The van der Waals surface area contributed by atoms with Crippen molar-refractivity contribution in [2.45, 2.75) is 75.3 Å². The number of nitrogens with zero attached hydrogens (tertiary/aromatic N) is 5. The zero-order valence-electron chi connectivity index (χ0n) is 26.0. The number of benzene rings is 1. The van der Waals surface area contributed by atoms with Crippen LogP contribution in [0, 0.1) is 12.7 Å². The summed E-state index contributed by atoms with van der Waals surface area (Å²) in [4.78, 5) is 17.3. The molecule has 2 bridgehead atoms. The monoisotopic (exact) mass is 691 g/mol. The van der Waals surface area contributed by atoms with Gasteiger partial charge in [-0.1, -0.05) is 18.2 Å². The fourth-order valence-electron chi connectivity index (χ4n) is 8.72. The van der Waals surface area contributed by atoms with Gasteiger partial charge in [-0.2, -0.15) is 31.9 Å². The van der Waals surface area contributed by atoms with Crippen LogP contribution in [0.3, 0.4) is 0 Å². The Balaban J connectivity index is 1.35. The largest absolute Gasteiger partial charge is 0.461 e. The fourth-order valence-corrected chi connectivity index (χ4v) is 9.12. The average Bonchev–Trinajstić information content (AvgIpc) is 3.67. The lowest BCUT2D eigenvalue weighted by atomic mass is 9.91. The molecule has 0 radical (unpaired) electrons. The van der Waals surface area contributed by atoms with Gasteiger partial charge in [0, 0.05) is 42.4 Å². The normalized spacial score (nSPS) is 26.7. The predicted molar refractivity (Wildman–Crippen MR) is 170 cm³/mol. The van der Waals surface area contributed by atoms with Crippen LogP contribution in [0.4, 0.5) is 38.0 Å². The van der Waals surface area contributed by atoms with Gasteiger partial charge in [-0.15, -0.1) is 0 Å². The molecule has 8 nitrogen and oxygen atoms in total. The maximum absolute atomic E-state index is 17.1. The SMILES string of the molecule is C=C1C[C@H]2[C@@H]3CC[C@H](CN2c2nc(OC[C@@]45CCCN4CC(=C(F)F)C5)nc4c(F)c(-c5nc(N)cc(C)c5C(F)(F)F)c(Cl)c1c24)N3. The first-order chi connectivity index (χ1) is 22.8. The van der Waals surface area contributed by atoms with E-state index in [2.05, 4.69) is 26.8 Å². The molecule has 0 amide bonds. The Morgan fingerprint density at radius 1 is 1.21 bits per heavy atom. The van der Waals surface area contributed by atoms with Gasteiger partial charge in [0.2, 0.25) is 0 Å². The van der Waals surface area contributed by atoms with E-state index in [4.69, 9.17) is 27.1 Å². The molecule has 8 rings (SSSR count). The van der Waals surface area contributed by atoms with Crippen LogP contribution in [0.1, 0.15) is 55.2 Å². The number of pyridine rings is 1. The van der Waals surface area contributed by atoms with Crippen molar-refractivity contribution in [2.24, 2.45) is 0 Å². The van der Waals surface area contributed by atoms with E-state index < -0.39 is 40.4 Å². The van der Waals surface area contributed by atoms with E-state index in [0.29, 0.717) is 37.3 Å². The minimum atomic E-state index is -4.91. The van der Waals surface area contributed by atoms with Crippen molar-refractivity contribution in [3.05, 3.63) is 51.8 Å². The highest BCUT2D eigenvalue weighted by atomic mass is 35.5. The topological polar surface area (TPSA) is 92.4 Å². The zero-order chi connectivity index (χ0) is 33.9. The highest BCUT2D eigenvalue weighted by Gasteiger charge is 2.49. The summed E-state index contributed by atoms with van der Waals surface area (Å²) in [5.41, 5.74) is 2.96. The first-order valence-electron chi connectivity index (χ1n) is 15.9. The second kappa shape index (κ2) is 10.9. The van der Waals surface area contributed by atoms with Crippen LogP contribution < -0.4 is 20.7 Å². The molecule has 5 aliphatic rings. The molecule has 0 aliphatic carbocycles. The number of nitrogens with one attached hydrogen (secondary N) is 1. The Morgan fingerprint density at radius 2 is 2.00 bits per heavy atom. The van der Waals surface area contributed by atoms with Gasteiger partial charge < -0.3 is 20.7 Å². The van der Waals surface area contributed by atoms with Gasteiger partial charge in [0.15, 0.2) is 5.82 Å². The lowest BCUT2D eigenvalue weighted by Crippen LogP contribution is -2.58. The molecule has 3 aromatic rings. The van der Waals surface area contributed by atoms with Crippen LogP contribution in [0.5, 0.6) is 6.01 Å². The van der Waals surface area contributed by atoms with Crippen molar-refractivity contribution < 1.29 is 31.1 Å². The van der Waals surface area contributed by atoms with E-state index in [1.54, 1.807) is 0 Å². The standard InChI is InChI=1S/C33H32ClF6N7O/c1-14-8-19-18-5-4-17(42-18)12-47(19)30-22-21(14)25(34)23(27-24(33(38,39)40)15(2)9-20(41)43-27)26(35)28(22)44-31(45-30)48-13-32-6-3-7-46(32)11-16(10-32)29(36)37/h9,17-19,42H,1,3-8,10-13H2,2H3,(H2,41,43)/t17-,18+,19+,32+/m1/s1. The predicted octanol–water partition coefficient (Wildman–Crippen LogP) is 6.89. The van der Waals surface area contributed by atoms with E-state index >= 15 is 4.39 Å². The molecule has 2 aromatic heterocycles. The molecule has 254 valence electrons. The lowest BCUT2D eigenvalue weighted by molar-refractivity contribution is -0.137. The molecule has 0 unspecified atom stereocenters. The summed E-state index contributed by atoms with van der Waals surface area (Å²) < 4.78 is 94.0. The first kappa shape index (κ1) is 31.6. The Kier molecular flexibility index (Phi) is 7.21. The number of ether oxygens (including phenoxy) is 1. The zero-order valence-corrected chi connectivity index (χ0v) is 26.7. The summed E-state index contributed by atoms with van der Waals surface area (Å²) in [6.45, 7) is 6.79. The maximum Gasteiger partial charge on any atom is 0.418 e. The molecular weight excluding hydrogens is 660 g/mol. The van der Waals surface area contributed by atoms with Crippen molar-refractivity contribution in [2.75, 3.05) is 36.9 Å². The highest BCUT2D eigenvalue weighted by molar-refractivity contribution is 6.37. The fraction of sp³-hybridized carbons (Fsp3) is 0.485. The summed E-state index contributed by atoms with van der Waals surface area (Å²) in [6.07, 6.45) is -2.86. The summed E-state index contributed by atoms with van der Waals surface area (Å²) in [6, 6.07) is 0.917. The van der Waals surface area contributed by atoms with E-state index in [-0.39, 0.29) is 82.2 Å². The Hall–Kier alpha value is -3.62. The molecule has 1 aromatic carbocycles. The van der Waals surface area contributed by atoms with Gasteiger partial charge in [-0.25, -0.2) is 9.37 Å². The third-order valence-electron chi connectivity index (χ3n) is 10.8. The number of rotatable bonds is 4. The summed E-state index contributed by atoms with van der Waals surface area (Å²) >= 11 is 6.95. The number of aromatic nitrogens is 3. The number of nitrogen functional groups attached to an aromatic ring is 1. The summed E-state index contributed by atoms with van der Waals surface area (Å²) in [5.74, 6) is -1.03. The van der Waals surface area contributed by atoms with Gasteiger partial charge in [-0.3, -0.25) is 4.90 Å². The Labute approximate surface area is 277 Å². The van der Waals surface area contributed by atoms with Crippen molar-refractivity contribution >= 4 is 39.7 Å². The molecule has 15 heteroatoms. The smallest absolute Gasteiger partial charge is 0.418 e. The third kappa shape index (κ3) is 4.77. The third-order valence-corrected chi connectivity index (χ3v) is 11.2. The Bertz CT molecular complexity index is 1930. The molecule has 0 saturated carbocycles. The maximum atomic E-state index is 17.1. The lowest BCUT2D eigenvalue weighted by Gasteiger charge is -2.41. The second-order valence-electron chi connectivity index (χ2n) is 13.7. The summed E-state index contributed by atoms with van der Waals surface area (Å²) in [5, 5.41) is 3.56. The van der Waals surface area contributed by atoms with Crippen LogP contribution >= 0.6 is 11.6 Å². The van der Waals surface area contributed by atoms with Crippen molar-refractivity contribution in [1.29, 1.82) is 0 Å². The highest BCUT2D eigenvalue weighted by Crippen LogP contribution is 2.51. The van der Waals surface area contributed by atoms with E-state index in [1.165, 1.54) is 6.92 Å². The number of aryl methyl sites for hydroxylation is 1. The number of hydrogen-bond acceptors (Lipinski definition) is 8. The van der Waals surface area contributed by atoms with Crippen LogP contribution in [-0.4, -0.2) is 69.8 Å². The van der Waals surface area contributed by atoms with Crippen LogP contribution in [-0.2, 0) is 6.18 Å². The van der Waals surface area contributed by atoms with Gasteiger partial charge in [0.1, 0.15) is 23.8 Å². The minimum Gasteiger partial charge on any atom is -0.461 e. The van der Waals surface area contributed by atoms with Gasteiger partial charge in [0.05, 0.1) is 32.8 Å². The van der Waals surface area contributed by atoms with Crippen LogP contribution in [0.25, 0.3) is 27.7 Å². The molecule has 5 aliphatic heterocycles. The molecule has 4 atom stereocenters. The molecule has 4 fully saturated rings. The van der Waals surface area contributed by atoms with E-state index in [0.717, 1.165) is 25.3 Å². The summed E-state index contributed by atoms with van der Waals surface area (Å²) in [7, 11) is 0. The van der Waals surface area contributed by atoms with Crippen molar-refractivity contribution in [3.63, 3.8) is 0 Å². The number of nitrogens with two attached hydrogens (primary N) is 1. The average molecular weight is 692 g/mol. The van der Waals surface area contributed by atoms with Gasteiger partial charge in [0.25, 0.3) is 6.08 Å². The van der Waals surface area contributed by atoms with Gasteiger partial charge >= 0.3 is 12.2 Å². The molecule has 3 N–H and O–H groups in total. The number of fused-ring (bicyclic) bond motifs is 6. The molecule has 4 saturated heterocycles. The quantitative estimate of drug-likeness (QED) is 0.286. The van der Waals surface area contributed by atoms with Crippen LogP contribution in [0.15, 0.2) is 24.3 Å². The molecule has 0 spiro atoms. The number of piperazine rings is 1. The number of anilines is 2. The number of halogens is 7. The van der Waals surface area contributed by atoms with Crippen molar-refractivity contribution in [1.82, 2.24) is 25.2 Å². The van der Waals surface area contributed by atoms with E-state index in [9.17, 15) is 22.0 Å². The number of hydrogen-bond donors (Lipinski definition) is 2.